The zero-order chi connectivity index (χ0) is 14.6. The number of hydrogen-bond donors (Lipinski definition) is 1. The number of carbonyl (C=O) groups excluding carboxylic acids is 1. The standard InChI is InChI=1S/C14H17NO3S/c1-5-6-19(17,18)9-13(16)15-14-11(3)7-10(2)8-12(14)4/h1,7-8H,6,9H2,2-4H3,(H,15,16). The van der Waals surface area contributed by atoms with Crippen LogP contribution in [0.25, 0.3) is 0 Å². The molecule has 0 spiro atoms. The van der Waals surface area contributed by atoms with E-state index in [4.69, 9.17) is 6.42 Å². The van der Waals surface area contributed by atoms with E-state index in [9.17, 15) is 13.2 Å². The minimum Gasteiger partial charge on any atom is -0.325 e. The monoisotopic (exact) mass is 279 g/mol. The van der Waals surface area contributed by atoms with Crippen molar-refractivity contribution < 1.29 is 13.2 Å². The van der Waals surface area contributed by atoms with Gasteiger partial charge in [0, 0.05) is 5.69 Å². The van der Waals surface area contributed by atoms with E-state index in [-0.39, 0.29) is 0 Å². The van der Waals surface area contributed by atoms with Gasteiger partial charge >= 0.3 is 0 Å². The molecule has 0 aliphatic carbocycles. The molecule has 0 saturated heterocycles. The first kappa shape index (κ1) is 15.3. The molecular weight excluding hydrogens is 262 g/mol. The van der Waals surface area contributed by atoms with Crippen molar-refractivity contribution in [1.82, 2.24) is 0 Å². The second-order valence-electron chi connectivity index (χ2n) is 4.56. The first-order chi connectivity index (χ1) is 8.75. The minimum atomic E-state index is -3.53. The molecule has 0 bridgehead atoms. The van der Waals surface area contributed by atoms with Crippen LogP contribution >= 0.6 is 0 Å². The number of aryl methyl sites for hydroxylation is 3. The molecule has 19 heavy (non-hydrogen) atoms. The van der Waals surface area contributed by atoms with Crippen LogP contribution in [-0.2, 0) is 14.6 Å². The molecule has 5 heteroatoms. The Morgan fingerprint density at radius 2 is 1.79 bits per heavy atom. The van der Waals surface area contributed by atoms with E-state index in [2.05, 4.69) is 5.32 Å². The number of sulfone groups is 1. The van der Waals surface area contributed by atoms with Gasteiger partial charge in [-0.2, -0.15) is 0 Å². The largest absolute Gasteiger partial charge is 0.325 e. The van der Waals surface area contributed by atoms with Crippen LogP contribution in [0.5, 0.6) is 0 Å². The minimum absolute atomic E-state index is 0.424. The molecule has 1 aromatic rings. The quantitative estimate of drug-likeness (QED) is 0.851. The van der Waals surface area contributed by atoms with Crippen LogP contribution in [0.2, 0.25) is 0 Å². The summed E-state index contributed by atoms with van der Waals surface area (Å²) >= 11 is 0. The highest BCUT2D eigenvalue weighted by molar-refractivity contribution is 7.92. The van der Waals surface area contributed by atoms with Crippen molar-refractivity contribution in [3.8, 4) is 12.3 Å². The Morgan fingerprint density at radius 3 is 2.26 bits per heavy atom. The number of amides is 1. The Balaban J connectivity index is 2.88. The number of rotatable bonds is 4. The van der Waals surface area contributed by atoms with Gasteiger partial charge in [-0.1, -0.05) is 23.6 Å². The molecule has 1 N–H and O–H groups in total. The molecule has 0 aliphatic rings. The molecular formula is C14H17NO3S. The van der Waals surface area contributed by atoms with Crippen molar-refractivity contribution in [2.75, 3.05) is 16.8 Å². The molecule has 0 aromatic heterocycles. The predicted octanol–water partition coefficient (Wildman–Crippen LogP) is 1.60. The van der Waals surface area contributed by atoms with E-state index in [1.807, 2.05) is 38.8 Å². The number of hydrogen-bond acceptors (Lipinski definition) is 3. The Bertz CT molecular complexity index is 616. The second kappa shape index (κ2) is 5.89. The maximum atomic E-state index is 11.7. The highest BCUT2D eigenvalue weighted by atomic mass is 32.2. The zero-order valence-electron chi connectivity index (χ0n) is 11.3. The van der Waals surface area contributed by atoms with E-state index in [0.717, 1.165) is 16.7 Å². The third kappa shape index (κ3) is 4.42. The summed E-state index contributed by atoms with van der Waals surface area (Å²) in [6, 6.07) is 3.86. The molecule has 4 nitrogen and oxygen atoms in total. The number of anilines is 1. The van der Waals surface area contributed by atoms with Gasteiger partial charge in [-0.25, -0.2) is 8.42 Å². The van der Waals surface area contributed by atoms with Crippen molar-refractivity contribution in [2.45, 2.75) is 20.8 Å². The van der Waals surface area contributed by atoms with E-state index in [1.54, 1.807) is 0 Å². The topological polar surface area (TPSA) is 63.2 Å². The van der Waals surface area contributed by atoms with Gasteiger partial charge in [-0.05, 0) is 31.9 Å². The van der Waals surface area contributed by atoms with E-state index >= 15 is 0 Å². The fourth-order valence-electron chi connectivity index (χ4n) is 1.93. The highest BCUT2D eigenvalue weighted by Gasteiger charge is 2.16. The van der Waals surface area contributed by atoms with Crippen LogP contribution in [-0.4, -0.2) is 25.8 Å². The molecule has 1 amide bonds. The lowest BCUT2D eigenvalue weighted by atomic mass is 10.1. The maximum Gasteiger partial charge on any atom is 0.239 e. The summed E-state index contributed by atoms with van der Waals surface area (Å²) in [7, 11) is -3.53. The van der Waals surface area contributed by atoms with Crippen LogP contribution in [0.3, 0.4) is 0 Å². The Morgan fingerprint density at radius 1 is 1.26 bits per heavy atom. The van der Waals surface area contributed by atoms with Crippen LogP contribution in [0.4, 0.5) is 5.69 Å². The van der Waals surface area contributed by atoms with E-state index < -0.39 is 27.3 Å². The lowest BCUT2D eigenvalue weighted by Crippen LogP contribution is -2.25. The summed E-state index contributed by atoms with van der Waals surface area (Å²) in [6.45, 7) is 5.69. The van der Waals surface area contributed by atoms with Gasteiger partial charge in [-0.15, -0.1) is 6.42 Å². The average molecular weight is 279 g/mol. The smallest absolute Gasteiger partial charge is 0.239 e. The average Bonchev–Trinajstić information content (AvgIpc) is 2.22. The molecule has 0 radical (unpaired) electrons. The fourth-order valence-corrected chi connectivity index (χ4v) is 2.76. The Hall–Kier alpha value is -1.80. The summed E-state index contributed by atoms with van der Waals surface area (Å²) in [6.07, 6.45) is 4.95. The normalized spacial score (nSPS) is 10.8. The third-order valence-electron chi connectivity index (χ3n) is 2.60. The Labute approximate surface area is 114 Å². The van der Waals surface area contributed by atoms with Crippen LogP contribution in [0, 0.1) is 33.1 Å². The van der Waals surface area contributed by atoms with Crippen molar-refractivity contribution in [3.05, 3.63) is 28.8 Å². The maximum absolute atomic E-state index is 11.7. The summed E-state index contributed by atoms with van der Waals surface area (Å²) in [5.41, 5.74) is 3.56. The van der Waals surface area contributed by atoms with Gasteiger partial charge in [0.1, 0.15) is 11.5 Å². The summed E-state index contributed by atoms with van der Waals surface area (Å²) < 4.78 is 22.9. The predicted molar refractivity (Wildman–Crippen MR) is 76.8 cm³/mol. The molecule has 0 heterocycles. The van der Waals surface area contributed by atoms with Gasteiger partial charge < -0.3 is 5.32 Å². The highest BCUT2D eigenvalue weighted by Crippen LogP contribution is 2.21. The van der Waals surface area contributed by atoms with Crippen molar-refractivity contribution in [2.24, 2.45) is 0 Å². The van der Waals surface area contributed by atoms with E-state index in [0.29, 0.717) is 5.69 Å². The second-order valence-corrected chi connectivity index (χ2v) is 6.62. The van der Waals surface area contributed by atoms with Gasteiger partial charge in [0.05, 0.1) is 0 Å². The Kier molecular flexibility index (Phi) is 4.73. The molecule has 0 aliphatic heterocycles. The molecule has 1 aromatic carbocycles. The molecule has 102 valence electrons. The van der Waals surface area contributed by atoms with E-state index in [1.165, 1.54) is 0 Å². The lowest BCUT2D eigenvalue weighted by molar-refractivity contribution is -0.113. The number of carbonyl (C=O) groups is 1. The molecule has 0 unspecified atom stereocenters. The summed E-state index contributed by atoms with van der Waals surface area (Å²) in [5.74, 6) is 0.457. The van der Waals surface area contributed by atoms with Crippen molar-refractivity contribution in [1.29, 1.82) is 0 Å². The van der Waals surface area contributed by atoms with Crippen LogP contribution in [0.1, 0.15) is 16.7 Å². The first-order valence-electron chi connectivity index (χ1n) is 5.77. The lowest BCUT2D eigenvalue weighted by Gasteiger charge is -2.12. The van der Waals surface area contributed by atoms with Crippen molar-refractivity contribution in [3.63, 3.8) is 0 Å². The summed E-state index contributed by atoms with van der Waals surface area (Å²) in [4.78, 5) is 11.7. The molecule has 0 fully saturated rings. The van der Waals surface area contributed by atoms with Gasteiger partial charge in [0.2, 0.25) is 5.91 Å². The summed E-state index contributed by atoms with van der Waals surface area (Å²) in [5, 5.41) is 2.63. The van der Waals surface area contributed by atoms with Crippen LogP contribution in [0.15, 0.2) is 12.1 Å². The SMILES string of the molecule is C#CCS(=O)(=O)CC(=O)Nc1c(C)cc(C)cc1C. The van der Waals surface area contributed by atoms with Gasteiger partial charge in [0.25, 0.3) is 0 Å². The molecule has 0 saturated carbocycles. The fraction of sp³-hybridized carbons (Fsp3) is 0.357. The third-order valence-corrected chi connectivity index (χ3v) is 3.90. The van der Waals surface area contributed by atoms with Gasteiger partial charge in [0.15, 0.2) is 9.84 Å². The van der Waals surface area contributed by atoms with Crippen LogP contribution < -0.4 is 5.32 Å². The van der Waals surface area contributed by atoms with Gasteiger partial charge in [-0.3, -0.25) is 4.79 Å². The zero-order valence-corrected chi connectivity index (χ0v) is 12.1. The first-order valence-corrected chi connectivity index (χ1v) is 7.59. The molecule has 1 rings (SSSR count). The molecule has 0 atom stereocenters. The number of nitrogens with one attached hydrogen (secondary N) is 1. The van der Waals surface area contributed by atoms with Crippen molar-refractivity contribution >= 4 is 21.4 Å². The number of benzene rings is 1. The number of terminal acetylenes is 1.